The van der Waals surface area contributed by atoms with Crippen LogP contribution in [-0.4, -0.2) is 24.6 Å². The van der Waals surface area contributed by atoms with Crippen LogP contribution in [-0.2, 0) is 6.42 Å². The van der Waals surface area contributed by atoms with Gasteiger partial charge >= 0.3 is 0 Å². The molecular formula is C15H19ClFNO. The van der Waals surface area contributed by atoms with Crippen molar-refractivity contribution in [1.29, 1.82) is 0 Å². The Balaban J connectivity index is 1.43. The van der Waals surface area contributed by atoms with Gasteiger partial charge in [0.15, 0.2) is 0 Å². The van der Waals surface area contributed by atoms with Crippen molar-refractivity contribution >= 4 is 11.6 Å². The topological polar surface area (TPSA) is 21.3 Å². The van der Waals surface area contributed by atoms with Crippen LogP contribution in [0.4, 0.5) is 4.39 Å². The molecule has 3 unspecified atom stereocenters. The first kappa shape index (κ1) is 13.2. The molecule has 1 saturated carbocycles. The minimum absolute atomic E-state index is 0.130. The molecule has 0 amide bonds. The lowest BCUT2D eigenvalue weighted by Crippen LogP contribution is -2.32. The second-order valence-corrected chi connectivity index (χ2v) is 6.25. The first-order chi connectivity index (χ1) is 9.20. The highest BCUT2D eigenvalue weighted by molar-refractivity contribution is 6.20. The number of nitrogens with one attached hydrogen (secondary N) is 1. The van der Waals surface area contributed by atoms with Gasteiger partial charge in [-0.2, -0.15) is 0 Å². The number of benzene rings is 1. The van der Waals surface area contributed by atoms with E-state index in [2.05, 4.69) is 5.32 Å². The van der Waals surface area contributed by atoms with Gasteiger partial charge in [-0.05, 0) is 49.9 Å². The number of ether oxygens (including phenoxy) is 1. The lowest BCUT2D eigenvalue weighted by atomic mass is 10.1. The highest BCUT2D eigenvalue weighted by Crippen LogP contribution is 2.30. The van der Waals surface area contributed by atoms with Crippen LogP contribution in [0.3, 0.4) is 0 Å². The van der Waals surface area contributed by atoms with Gasteiger partial charge in [-0.1, -0.05) is 0 Å². The summed E-state index contributed by atoms with van der Waals surface area (Å²) in [5.41, 5.74) is 0.980. The Morgan fingerprint density at radius 1 is 1.32 bits per heavy atom. The number of fused-ring (bicyclic) bond motifs is 1. The van der Waals surface area contributed by atoms with Crippen LogP contribution in [0.15, 0.2) is 18.2 Å². The number of halogens is 2. The number of alkyl halides is 1. The molecule has 2 aliphatic rings. The molecule has 1 fully saturated rings. The van der Waals surface area contributed by atoms with Crippen LogP contribution in [0.25, 0.3) is 0 Å². The molecule has 1 aliphatic heterocycles. The van der Waals surface area contributed by atoms with Crippen molar-refractivity contribution in [3.63, 3.8) is 0 Å². The maximum absolute atomic E-state index is 13.1. The maximum Gasteiger partial charge on any atom is 0.123 e. The van der Waals surface area contributed by atoms with E-state index in [1.54, 1.807) is 12.1 Å². The largest absolute Gasteiger partial charge is 0.488 e. The number of hydrogen-bond acceptors (Lipinski definition) is 2. The monoisotopic (exact) mass is 283 g/mol. The molecule has 1 N–H and O–H groups in total. The van der Waals surface area contributed by atoms with Crippen LogP contribution in [0.2, 0.25) is 0 Å². The Kier molecular flexibility index (Phi) is 3.94. The molecule has 0 aromatic heterocycles. The summed E-state index contributed by atoms with van der Waals surface area (Å²) in [7, 11) is 0. The zero-order valence-electron chi connectivity index (χ0n) is 10.9. The van der Waals surface area contributed by atoms with Crippen LogP contribution >= 0.6 is 11.6 Å². The third-order valence-corrected chi connectivity index (χ3v) is 4.44. The van der Waals surface area contributed by atoms with Crippen molar-refractivity contribution in [2.75, 3.05) is 13.1 Å². The van der Waals surface area contributed by atoms with E-state index in [4.69, 9.17) is 16.3 Å². The molecule has 3 rings (SSSR count). The molecule has 0 spiro atoms. The fourth-order valence-corrected chi connectivity index (χ4v) is 3.43. The standard InChI is InChI=1S/C15H19ClFNO/c16-12-2-1-10(5-12)8-18-9-14-7-11-6-13(17)3-4-15(11)19-14/h3-4,6,10,12,14,18H,1-2,5,7-9H2. The summed E-state index contributed by atoms with van der Waals surface area (Å²) in [6.07, 6.45) is 4.40. The molecule has 0 saturated heterocycles. The van der Waals surface area contributed by atoms with Crippen molar-refractivity contribution in [3.05, 3.63) is 29.6 Å². The third-order valence-electron chi connectivity index (χ3n) is 4.05. The summed E-state index contributed by atoms with van der Waals surface area (Å²) in [5, 5.41) is 3.82. The highest BCUT2D eigenvalue weighted by atomic mass is 35.5. The Morgan fingerprint density at radius 2 is 2.21 bits per heavy atom. The minimum Gasteiger partial charge on any atom is -0.488 e. The molecule has 1 aromatic carbocycles. The summed E-state index contributed by atoms with van der Waals surface area (Å²) in [5.74, 6) is 1.34. The van der Waals surface area contributed by atoms with E-state index in [1.165, 1.54) is 12.5 Å². The van der Waals surface area contributed by atoms with E-state index in [0.29, 0.717) is 11.3 Å². The van der Waals surface area contributed by atoms with Crippen LogP contribution in [0, 0.1) is 11.7 Å². The Labute approximate surface area is 118 Å². The molecular weight excluding hydrogens is 265 g/mol. The Bertz CT molecular complexity index is 454. The number of rotatable bonds is 4. The van der Waals surface area contributed by atoms with Gasteiger partial charge < -0.3 is 10.1 Å². The maximum atomic E-state index is 13.1. The summed E-state index contributed by atoms with van der Waals surface area (Å²) >= 11 is 6.10. The molecule has 1 heterocycles. The predicted molar refractivity (Wildman–Crippen MR) is 74.4 cm³/mol. The fraction of sp³-hybridized carbons (Fsp3) is 0.600. The Morgan fingerprint density at radius 3 is 3.00 bits per heavy atom. The van der Waals surface area contributed by atoms with Crippen LogP contribution in [0.1, 0.15) is 24.8 Å². The van der Waals surface area contributed by atoms with Gasteiger partial charge in [0.05, 0.1) is 0 Å². The molecule has 2 nitrogen and oxygen atoms in total. The highest BCUT2D eigenvalue weighted by Gasteiger charge is 2.25. The van der Waals surface area contributed by atoms with Crippen LogP contribution < -0.4 is 10.1 Å². The molecule has 3 atom stereocenters. The smallest absolute Gasteiger partial charge is 0.123 e. The molecule has 19 heavy (non-hydrogen) atoms. The van der Waals surface area contributed by atoms with E-state index in [1.807, 2.05) is 0 Å². The molecule has 0 radical (unpaired) electrons. The lowest BCUT2D eigenvalue weighted by molar-refractivity contribution is 0.225. The summed E-state index contributed by atoms with van der Waals surface area (Å²) < 4.78 is 18.9. The van der Waals surface area contributed by atoms with Crippen molar-refractivity contribution < 1.29 is 9.13 Å². The normalized spacial score (nSPS) is 29.3. The van der Waals surface area contributed by atoms with Gasteiger partial charge in [0.25, 0.3) is 0 Å². The van der Waals surface area contributed by atoms with Crippen molar-refractivity contribution in [1.82, 2.24) is 5.32 Å². The molecule has 1 aliphatic carbocycles. The molecule has 4 heteroatoms. The van der Waals surface area contributed by atoms with E-state index in [9.17, 15) is 4.39 Å². The molecule has 1 aromatic rings. The minimum atomic E-state index is -0.185. The second-order valence-electron chi connectivity index (χ2n) is 5.63. The van der Waals surface area contributed by atoms with Crippen molar-refractivity contribution in [3.8, 4) is 5.75 Å². The first-order valence-corrected chi connectivity index (χ1v) is 7.44. The molecule has 0 bridgehead atoms. The summed E-state index contributed by atoms with van der Waals surface area (Å²) in [6.45, 7) is 1.83. The third kappa shape index (κ3) is 3.21. The van der Waals surface area contributed by atoms with E-state index in [0.717, 1.165) is 43.7 Å². The number of hydrogen-bond donors (Lipinski definition) is 1. The van der Waals surface area contributed by atoms with Gasteiger partial charge in [0.2, 0.25) is 0 Å². The quantitative estimate of drug-likeness (QED) is 0.857. The SMILES string of the molecule is Fc1ccc2c(c1)CC(CNCC1CCC(Cl)C1)O2. The van der Waals surface area contributed by atoms with E-state index >= 15 is 0 Å². The van der Waals surface area contributed by atoms with Gasteiger partial charge in [-0.3, -0.25) is 0 Å². The predicted octanol–water partition coefficient (Wildman–Crippen LogP) is 3.13. The molecule has 104 valence electrons. The van der Waals surface area contributed by atoms with Gasteiger partial charge in [0, 0.05) is 23.9 Å². The van der Waals surface area contributed by atoms with Crippen LogP contribution in [0.5, 0.6) is 5.75 Å². The zero-order chi connectivity index (χ0) is 13.2. The Hall–Kier alpha value is -0.800. The average Bonchev–Trinajstić information content (AvgIpc) is 2.95. The van der Waals surface area contributed by atoms with E-state index in [-0.39, 0.29) is 11.9 Å². The summed E-state index contributed by atoms with van der Waals surface area (Å²) in [4.78, 5) is 0. The van der Waals surface area contributed by atoms with Crippen molar-refractivity contribution in [2.24, 2.45) is 5.92 Å². The lowest BCUT2D eigenvalue weighted by Gasteiger charge is -2.14. The zero-order valence-corrected chi connectivity index (χ0v) is 11.6. The van der Waals surface area contributed by atoms with Gasteiger partial charge in [0.1, 0.15) is 17.7 Å². The van der Waals surface area contributed by atoms with E-state index < -0.39 is 0 Å². The van der Waals surface area contributed by atoms with Crippen molar-refractivity contribution in [2.45, 2.75) is 37.2 Å². The first-order valence-electron chi connectivity index (χ1n) is 7.00. The second kappa shape index (κ2) is 5.68. The summed E-state index contributed by atoms with van der Waals surface area (Å²) in [6, 6.07) is 4.75. The fourth-order valence-electron chi connectivity index (χ4n) is 3.05. The van der Waals surface area contributed by atoms with Gasteiger partial charge in [-0.25, -0.2) is 4.39 Å². The average molecular weight is 284 g/mol. The van der Waals surface area contributed by atoms with Gasteiger partial charge in [-0.15, -0.1) is 11.6 Å².